The van der Waals surface area contributed by atoms with Crippen LogP contribution < -0.4 is 5.64 Å². The van der Waals surface area contributed by atoms with Gasteiger partial charge in [0.2, 0.25) is 0 Å². The minimum Gasteiger partial charge on any atom is -0.291 e. The quantitative estimate of drug-likeness (QED) is 0.231. The highest BCUT2D eigenvalue weighted by Gasteiger charge is 1.48. The molecule has 0 aromatic carbocycles. The summed E-state index contributed by atoms with van der Waals surface area (Å²) in [5, 5.41) is 7.33. The lowest BCUT2D eigenvalue weighted by atomic mass is 13.3. The lowest BCUT2D eigenvalue weighted by Crippen LogP contribution is -1.97. The number of thiol groups is 1. The Labute approximate surface area is 29.1 Å². The molecule has 0 aromatic heterocycles. The van der Waals surface area contributed by atoms with Crippen molar-refractivity contribution in [2.45, 2.75) is 0 Å². The van der Waals surface area contributed by atoms with Crippen molar-refractivity contribution in [3.8, 4) is 0 Å². The highest BCUT2D eigenvalue weighted by molar-refractivity contribution is 7.75. The molecule has 0 spiro atoms. The molecular formula is H3NO2S. The molecule has 0 fully saturated rings. The molecule has 0 atom stereocenters. The minimum atomic E-state index is 1.29. The average Bonchev–Trinajstić information content (AvgIpc) is 1.37. The molecule has 0 amide bonds. The van der Waals surface area contributed by atoms with Crippen LogP contribution >= 0.6 is 12.9 Å². The predicted molar refractivity (Wildman–Crippen MR) is 15.0 cm³/mol. The molecule has 0 aromatic rings. The maximum absolute atomic E-state index is 7.33. The standard InChI is InChI=1S/H3NO2S/c2-1-3-4/h1-2,4H. The molecule has 26 valence electrons. The van der Waals surface area contributed by atoms with Gasteiger partial charge in [-0.25, -0.2) is 4.28 Å². The zero-order valence-corrected chi connectivity index (χ0v) is 2.70. The van der Waals surface area contributed by atoms with Gasteiger partial charge in [-0.3, -0.25) is 5.21 Å². The van der Waals surface area contributed by atoms with Crippen LogP contribution in [-0.4, -0.2) is 5.21 Å². The highest BCUT2D eigenvalue weighted by Crippen LogP contribution is 1.58. The fraction of sp³-hybridized carbons (Fsp3) is 0. The van der Waals surface area contributed by atoms with Crippen LogP contribution in [0.1, 0.15) is 0 Å². The minimum absolute atomic E-state index is 1.29. The molecule has 0 aliphatic heterocycles. The molecule has 4 heteroatoms. The van der Waals surface area contributed by atoms with Gasteiger partial charge in [-0.1, -0.05) is 5.64 Å². The first kappa shape index (κ1) is 4.23. The smallest absolute Gasteiger partial charge is 0.00181 e. The van der Waals surface area contributed by atoms with E-state index < -0.39 is 0 Å². The van der Waals surface area contributed by atoms with Gasteiger partial charge in [0.25, 0.3) is 0 Å². The van der Waals surface area contributed by atoms with E-state index in [9.17, 15) is 0 Å². The number of hydrogen-bond acceptors (Lipinski definition) is 4. The molecule has 2 N–H and O–H groups in total. The Kier molecular flexibility index (Phi) is 3.42. The number of rotatable bonds is 1. The van der Waals surface area contributed by atoms with Crippen LogP contribution in [0.25, 0.3) is 0 Å². The van der Waals surface area contributed by atoms with Gasteiger partial charge in [0.05, 0.1) is 0 Å². The predicted octanol–water partition coefficient (Wildman–Crippen LogP) is -0.258. The van der Waals surface area contributed by atoms with Crippen molar-refractivity contribution >= 4 is 12.9 Å². The summed E-state index contributed by atoms with van der Waals surface area (Å²) in [6.45, 7) is 0. The molecule has 0 rings (SSSR count). The molecule has 4 heavy (non-hydrogen) atoms. The average molecular weight is 81.1 g/mol. The third-order valence-electron chi connectivity index (χ3n) is 0.0408. The number of nitrogens with one attached hydrogen (secondary N) is 1. The van der Waals surface area contributed by atoms with E-state index in [1.54, 1.807) is 0 Å². The zero-order chi connectivity index (χ0) is 3.41. The second kappa shape index (κ2) is 3.23. The van der Waals surface area contributed by atoms with Crippen molar-refractivity contribution in [2.24, 2.45) is 0 Å². The molecule has 0 bridgehead atoms. The Hall–Kier alpha value is 0.230. The van der Waals surface area contributed by atoms with E-state index in [4.69, 9.17) is 5.21 Å². The van der Waals surface area contributed by atoms with Crippen molar-refractivity contribution < 1.29 is 9.49 Å². The summed E-state index contributed by atoms with van der Waals surface area (Å²) in [7, 11) is 0. The summed E-state index contributed by atoms with van der Waals surface area (Å²) in [6.07, 6.45) is 0. The summed E-state index contributed by atoms with van der Waals surface area (Å²) in [5.74, 6) is 0. The van der Waals surface area contributed by atoms with Crippen molar-refractivity contribution in [1.82, 2.24) is 5.64 Å². The third-order valence-corrected chi connectivity index (χ3v) is 0.122. The lowest BCUT2D eigenvalue weighted by molar-refractivity contribution is -0.0249. The number of hydrogen-bond donors (Lipinski definition) is 3. The Morgan fingerprint density at radius 1 is 2.00 bits per heavy atom. The Bertz CT molecular complexity index is 8.00. The van der Waals surface area contributed by atoms with Crippen molar-refractivity contribution in [3.63, 3.8) is 0 Å². The molecule has 0 saturated carbocycles. The lowest BCUT2D eigenvalue weighted by Gasteiger charge is -1.76. The summed E-state index contributed by atoms with van der Waals surface area (Å²) in [4.78, 5) is 0. The van der Waals surface area contributed by atoms with E-state index in [2.05, 4.69) is 17.2 Å². The van der Waals surface area contributed by atoms with E-state index in [0.717, 1.165) is 0 Å². The molecule has 0 aliphatic rings. The normalized spacial score (nSPS) is 7.50. The first-order valence-electron chi connectivity index (χ1n) is 0.610. The molecule has 0 unspecified atom stereocenters. The molecular weight excluding hydrogens is 78.1 g/mol. The largest absolute Gasteiger partial charge is 0.291 e. The highest BCUT2D eigenvalue weighted by atomic mass is 32.1. The van der Waals surface area contributed by atoms with E-state index >= 15 is 0 Å². The Balaban J connectivity index is 1.97. The Morgan fingerprint density at radius 3 is 2.25 bits per heavy atom. The zero-order valence-electron chi connectivity index (χ0n) is 1.80. The summed E-state index contributed by atoms with van der Waals surface area (Å²) in [5.41, 5.74) is 1.29. The van der Waals surface area contributed by atoms with Crippen molar-refractivity contribution in [2.75, 3.05) is 0 Å². The molecule has 3 nitrogen and oxygen atoms in total. The second-order valence-electron chi connectivity index (χ2n) is 0.183. The van der Waals surface area contributed by atoms with Gasteiger partial charge in [0.1, 0.15) is 0 Å². The van der Waals surface area contributed by atoms with Gasteiger partial charge in [-0.2, -0.15) is 0 Å². The molecule has 0 aliphatic carbocycles. The van der Waals surface area contributed by atoms with Crippen molar-refractivity contribution in [1.29, 1.82) is 0 Å². The monoisotopic (exact) mass is 81.0 g/mol. The van der Waals surface area contributed by atoms with Crippen LogP contribution in [-0.2, 0) is 4.28 Å². The maximum atomic E-state index is 7.33. The van der Waals surface area contributed by atoms with E-state index in [1.807, 2.05) is 0 Å². The van der Waals surface area contributed by atoms with Crippen LogP contribution in [0.5, 0.6) is 0 Å². The van der Waals surface area contributed by atoms with Crippen molar-refractivity contribution in [3.05, 3.63) is 0 Å². The molecule has 0 heterocycles. The fourth-order valence-electron chi connectivity index (χ4n) is 0. The van der Waals surface area contributed by atoms with Gasteiger partial charge in [0, 0.05) is 12.9 Å². The maximum Gasteiger partial charge on any atom is 0.00181 e. The second-order valence-corrected chi connectivity index (χ2v) is 0.365. The molecule has 0 saturated heterocycles. The van der Waals surface area contributed by atoms with Gasteiger partial charge in [0.15, 0.2) is 0 Å². The van der Waals surface area contributed by atoms with E-state index in [0.29, 0.717) is 0 Å². The first-order valence-corrected chi connectivity index (χ1v) is 0.975. The van der Waals surface area contributed by atoms with Gasteiger partial charge in [-0.05, 0) is 0 Å². The van der Waals surface area contributed by atoms with Gasteiger partial charge >= 0.3 is 0 Å². The summed E-state index contributed by atoms with van der Waals surface area (Å²) < 4.78 is 3.54. The van der Waals surface area contributed by atoms with E-state index in [-0.39, 0.29) is 0 Å². The van der Waals surface area contributed by atoms with Gasteiger partial charge < -0.3 is 0 Å². The van der Waals surface area contributed by atoms with Crippen LogP contribution in [0, 0.1) is 0 Å². The molecule has 0 radical (unpaired) electrons. The topological polar surface area (TPSA) is 41.5 Å². The van der Waals surface area contributed by atoms with Crippen LogP contribution in [0.15, 0.2) is 0 Å². The van der Waals surface area contributed by atoms with Crippen LogP contribution in [0.4, 0.5) is 0 Å². The van der Waals surface area contributed by atoms with Crippen LogP contribution in [0.3, 0.4) is 0 Å². The summed E-state index contributed by atoms with van der Waals surface area (Å²) in [6, 6.07) is 0. The van der Waals surface area contributed by atoms with Gasteiger partial charge in [-0.15, -0.1) is 0 Å². The Morgan fingerprint density at radius 2 is 2.25 bits per heavy atom. The third kappa shape index (κ3) is 2.23. The van der Waals surface area contributed by atoms with Crippen LogP contribution in [0.2, 0.25) is 0 Å². The van der Waals surface area contributed by atoms with E-state index in [1.165, 1.54) is 5.64 Å². The SMILES string of the molecule is ONOS. The fourth-order valence-corrected chi connectivity index (χ4v) is 0. The summed E-state index contributed by atoms with van der Waals surface area (Å²) >= 11 is 3.06. The first-order chi connectivity index (χ1) is 1.91.